The number of aryl methyl sites for hydroxylation is 1. The summed E-state index contributed by atoms with van der Waals surface area (Å²) in [5.41, 5.74) is 4.72. The Morgan fingerprint density at radius 1 is 1.15 bits per heavy atom. The molecule has 1 aromatic carbocycles. The molecule has 0 N–H and O–H groups in total. The van der Waals surface area contributed by atoms with Gasteiger partial charge in [-0.05, 0) is 13.0 Å². The molecule has 9 nitrogen and oxygen atoms in total. The lowest BCUT2D eigenvalue weighted by Gasteiger charge is -2.29. The van der Waals surface area contributed by atoms with E-state index in [1.54, 1.807) is 11.8 Å². The number of methoxy groups -OCH3 is 1. The number of ether oxygens (including phenoxy) is 2. The van der Waals surface area contributed by atoms with Crippen molar-refractivity contribution in [3.8, 4) is 17.2 Å². The summed E-state index contributed by atoms with van der Waals surface area (Å²) in [4.78, 5) is 16.6. The Labute approximate surface area is 196 Å². The molecule has 0 aliphatic carbocycles. The van der Waals surface area contributed by atoms with Crippen LogP contribution in [0.2, 0.25) is 0 Å². The maximum absolute atomic E-state index is 6.29. The Morgan fingerprint density at radius 2 is 2.00 bits per heavy atom. The predicted octanol–water partition coefficient (Wildman–Crippen LogP) is 3.21. The highest BCUT2D eigenvalue weighted by Crippen LogP contribution is 2.29. The zero-order valence-corrected chi connectivity index (χ0v) is 19.5. The fourth-order valence-corrected chi connectivity index (χ4v) is 4.21. The zero-order chi connectivity index (χ0) is 22.8. The highest BCUT2D eigenvalue weighted by atomic mass is 35.5. The summed E-state index contributed by atoms with van der Waals surface area (Å²) in [5, 5.41) is 4.79. The summed E-state index contributed by atoms with van der Waals surface area (Å²) in [6, 6.07) is 10.1. The van der Waals surface area contributed by atoms with Crippen LogP contribution in [0.1, 0.15) is 11.4 Å². The second kappa shape index (κ2) is 9.46. The van der Waals surface area contributed by atoms with Gasteiger partial charge in [0.05, 0.1) is 37.7 Å². The third-order valence-corrected chi connectivity index (χ3v) is 5.95. The Morgan fingerprint density at radius 3 is 2.76 bits per heavy atom. The Balaban J connectivity index is 1.65. The van der Waals surface area contributed by atoms with Gasteiger partial charge >= 0.3 is 0 Å². The van der Waals surface area contributed by atoms with Crippen molar-refractivity contribution in [1.29, 1.82) is 0 Å². The number of alkyl halides is 1. The highest BCUT2D eigenvalue weighted by molar-refractivity contribution is 6.16. The summed E-state index contributed by atoms with van der Waals surface area (Å²) >= 11 is 6.29. The summed E-state index contributed by atoms with van der Waals surface area (Å²) in [5.74, 6) is 2.13. The van der Waals surface area contributed by atoms with Gasteiger partial charge < -0.3 is 18.9 Å². The van der Waals surface area contributed by atoms with Crippen LogP contribution in [0.4, 0.5) is 5.69 Å². The summed E-state index contributed by atoms with van der Waals surface area (Å²) in [6.45, 7) is 6.20. The normalized spacial score (nSPS) is 14.3. The second-order valence-corrected chi connectivity index (χ2v) is 8.24. The third kappa shape index (κ3) is 4.31. The second-order valence-electron chi connectivity index (χ2n) is 7.97. The van der Waals surface area contributed by atoms with Gasteiger partial charge in [-0.25, -0.2) is 15.0 Å². The number of pyridine rings is 1. The molecule has 1 aliphatic rings. The minimum atomic E-state index is 0.217. The standard InChI is InChI=1S/C23H26ClN7O2/c1-16-4-3-5-17(12-16)22-26-20(14-24)31(28-22)19-13-18(29-7-10-33-11-8-29)21-23(27-19)30(15-25-21)6-9-32-2/h3-5,12-13,15H,6-11,14H2,1-2H3. The van der Waals surface area contributed by atoms with Crippen molar-refractivity contribution in [2.75, 3.05) is 44.9 Å². The first-order valence-electron chi connectivity index (χ1n) is 10.9. The molecule has 4 heterocycles. The van der Waals surface area contributed by atoms with Crippen molar-refractivity contribution in [2.45, 2.75) is 19.3 Å². The minimum absolute atomic E-state index is 0.217. The Bertz CT molecular complexity index is 1260. The van der Waals surface area contributed by atoms with Crippen LogP contribution >= 0.6 is 11.6 Å². The van der Waals surface area contributed by atoms with Crippen LogP contribution in [0.25, 0.3) is 28.4 Å². The van der Waals surface area contributed by atoms with E-state index in [-0.39, 0.29) is 5.88 Å². The predicted molar refractivity (Wildman–Crippen MR) is 127 cm³/mol. The van der Waals surface area contributed by atoms with E-state index in [0.717, 1.165) is 41.1 Å². The first kappa shape index (κ1) is 21.8. The molecule has 0 atom stereocenters. The largest absolute Gasteiger partial charge is 0.383 e. The molecule has 172 valence electrons. The van der Waals surface area contributed by atoms with Crippen molar-refractivity contribution in [2.24, 2.45) is 0 Å². The molecule has 4 aromatic rings. The number of hydrogen-bond donors (Lipinski definition) is 0. The van der Waals surface area contributed by atoms with E-state index in [0.29, 0.717) is 43.8 Å². The first-order valence-corrected chi connectivity index (χ1v) is 11.5. The number of anilines is 1. The average molecular weight is 468 g/mol. The first-order chi connectivity index (χ1) is 16.2. The monoisotopic (exact) mass is 467 g/mol. The Hall–Kier alpha value is -3.01. The van der Waals surface area contributed by atoms with Gasteiger partial charge in [0.2, 0.25) is 0 Å². The van der Waals surface area contributed by atoms with Crippen LogP contribution in [0.3, 0.4) is 0 Å². The number of aromatic nitrogens is 6. The van der Waals surface area contributed by atoms with Crippen LogP contribution in [-0.2, 0) is 21.9 Å². The van der Waals surface area contributed by atoms with Gasteiger partial charge in [-0.1, -0.05) is 23.8 Å². The lowest BCUT2D eigenvalue weighted by Crippen LogP contribution is -2.36. The molecule has 10 heteroatoms. The summed E-state index contributed by atoms with van der Waals surface area (Å²) in [7, 11) is 1.69. The van der Waals surface area contributed by atoms with Gasteiger partial charge in [-0.2, -0.15) is 4.68 Å². The highest BCUT2D eigenvalue weighted by Gasteiger charge is 2.22. The maximum atomic E-state index is 6.29. The molecular formula is C23H26ClN7O2. The molecule has 5 rings (SSSR count). The van der Waals surface area contributed by atoms with Gasteiger partial charge in [0.1, 0.15) is 11.3 Å². The molecule has 0 spiro atoms. The number of imidazole rings is 1. The molecule has 3 aromatic heterocycles. The fourth-order valence-electron chi connectivity index (χ4n) is 4.03. The van der Waals surface area contributed by atoms with Crippen LogP contribution in [0, 0.1) is 6.92 Å². The van der Waals surface area contributed by atoms with Gasteiger partial charge in [-0.15, -0.1) is 16.7 Å². The van der Waals surface area contributed by atoms with Crippen molar-refractivity contribution < 1.29 is 9.47 Å². The molecule has 33 heavy (non-hydrogen) atoms. The smallest absolute Gasteiger partial charge is 0.181 e. The van der Waals surface area contributed by atoms with Crippen LogP contribution < -0.4 is 4.90 Å². The number of fused-ring (bicyclic) bond motifs is 1. The van der Waals surface area contributed by atoms with Crippen molar-refractivity contribution in [1.82, 2.24) is 29.3 Å². The molecule has 0 amide bonds. The van der Waals surface area contributed by atoms with Crippen molar-refractivity contribution in [3.63, 3.8) is 0 Å². The van der Waals surface area contributed by atoms with Crippen molar-refractivity contribution >= 4 is 28.5 Å². The zero-order valence-electron chi connectivity index (χ0n) is 18.7. The molecular weight excluding hydrogens is 442 g/mol. The molecule has 1 aliphatic heterocycles. The lowest BCUT2D eigenvalue weighted by atomic mass is 10.1. The molecule has 0 radical (unpaired) electrons. The SMILES string of the molecule is COCCn1cnc2c(N3CCOCC3)cc(-n3nc(-c4cccc(C)c4)nc3CCl)nc21. The summed E-state index contributed by atoms with van der Waals surface area (Å²) in [6.07, 6.45) is 1.81. The van der Waals surface area contributed by atoms with E-state index in [1.807, 2.05) is 42.1 Å². The number of hydrogen-bond acceptors (Lipinski definition) is 7. The lowest BCUT2D eigenvalue weighted by molar-refractivity contribution is 0.123. The molecule has 1 saturated heterocycles. The van der Waals surface area contributed by atoms with E-state index in [9.17, 15) is 0 Å². The molecule has 0 unspecified atom stereocenters. The van der Waals surface area contributed by atoms with Crippen LogP contribution in [-0.4, -0.2) is 69.3 Å². The van der Waals surface area contributed by atoms with Gasteiger partial charge in [0.25, 0.3) is 0 Å². The number of halogens is 1. The van der Waals surface area contributed by atoms with Gasteiger partial charge in [0, 0.05) is 38.4 Å². The van der Waals surface area contributed by atoms with Gasteiger partial charge in [0.15, 0.2) is 17.3 Å². The van der Waals surface area contributed by atoms with E-state index >= 15 is 0 Å². The van der Waals surface area contributed by atoms with E-state index < -0.39 is 0 Å². The third-order valence-electron chi connectivity index (χ3n) is 5.71. The number of benzene rings is 1. The van der Waals surface area contributed by atoms with E-state index in [2.05, 4.69) is 16.0 Å². The van der Waals surface area contributed by atoms with E-state index in [4.69, 9.17) is 36.1 Å². The fraction of sp³-hybridized carbons (Fsp3) is 0.391. The van der Waals surface area contributed by atoms with E-state index in [1.165, 1.54) is 0 Å². The minimum Gasteiger partial charge on any atom is -0.383 e. The molecule has 0 bridgehead atoms. The molecule has 0 saturated carbocycles. The molecule has 1 fully saturated rings. The number of rotatable bonds is 7. The van der Waals surface area contributed by atoms with Gasteiger partial charge in [-0.3, -0.25) is 0 Å². The number of nitrogens with zero attached hydrogens (tertiary/aromatic N) is 7. The quantitative estimate of drug-likeness (QED) is 0.386. The number of morpholine rings is 1. The Kier molecular flexibility index (Phi) is 6.26. The maximum Gasteiger partial charge on any atom is 0.181 e. The summed E-state index contributed by atoms with van der Waals surface area (Å²) < 4.78 is 14.6. The van der Waals surface area contributed by atoms with Crippen LogP contribution in [0.5, 0.6) is 0 Å². The van der Waals surface area contributed by atoms with Crippen molar-refractivity contribution in [3.05, 3.63) is 48.0 Å². The topological polar surface area (TPSA) is 83.1 Å². The average Bonchev–Trinajstić information content (AvgIpc) is 3.47. The van der Waals surface area contributed by atoms with Crippen LogP contribution in [0.15, 0.2) is 36.7 Å².